The Morgan fingerprint density at radius 2 is 1.94 bits per heavy atom. The molecule has 94 valence electrons. The summed E-state index contributed by atoms with van der Waals surface area (Å²) in [7, 11) is 0. The van der Waals surface area contributed by atoms with E-state index in [1.807, 2.05) is 43.3 Å². The van der Waals surface area contributed by atoms with E-state index >= 15 is 0 Å². The number of nitrogens with two attached hydrogens (primary N) is 1. The van der Waals surface area contributed by atoms with Crippen LogP contribution >= 0.6 is 11.6 Å². The van der Waals surface area contributed by atoms with Crippen molar-refractivity contribution < 1.29 is 4.74 Å². The van der Waals surface area contributed by atoms with Crippen LogP contribution in [0.5, 0.6) is 11.5 Å². The monoisotopic (exact) mass is 261 g/mol. The van der Waals surface area contributed by atoms with E-state index in [9.17, 15) is 0 Å². The second-order valence-electron chi connectivity index (χ2n) is 4.25. The molecule has 2 aromatic rings. The molecule has 2 nitrogen and oxygen atoms in total. The average molecular weight is 262 g/mol. The first-order valence-electron chi connectivity index (χ1n) is 5.92. The van der Waals surface area contributed by atoms with E-state index in [2.05, 4.69) is 6.92 Å². The maximum Gasteiger partial charge on any atom is 0.150 e. The van der Waals surface area contributed by atoms with Gasteiger partial charge in [0.2, 0.25) is 0 Å². The Hall–Kier alpha value is -1.67. The minimum atomic E-state index is 0.633. The molecule has 0 bridgehead atoms. The first-order valence-corrected chi connectivity index (χ1v) is 6.30. The largest absolute Gasteiger partial charge is 0.455 e. The van der Waals surface area contributed by atoms with Crippen LogP contribution in [0.25, 0.3) is 0 Å². The minimum absolute atomic E-state index is 0.633. The summed E-state index contributed by atoms with van der Waals surface area (Å²) in [6, 6.07) is 11.4. The summed E-state index contributed by atoms with van der Waals surface area (Å²) in [5.74, 6) is 1.44. The highest BCUT2D eigenvalue weighted by Gasteiger charge is 2.05. The molecule has 2 N–H and O–H groups in total. The molecule has 18 heavy (non-hydrogen) atoms. The molecule has 0 saturated carbocycles. The van der Waals surface area contributed by atoms with Crippen LogP contribution < -0.4 is 10.5 Å². The van der Waals surface area contributed by atoms with Crippen molar-refractivity contribution in [3.63, 3.8) is 0 Å². The van der Waals surface area contributed by atoms with Gasteiger partial charge in [-0.15, -0.1) is 0 Å². The van der Waals surface area contributed by atoms with E-state index in [4.69, 9.17) is 22.1 Å². The van der Waals surface area contributed by atoms with Crippen molar-refractivity contribution in [2.45, 2.75) is 20.3 Å². The molecule has 2 aromatic carbocycles. The van der Waals surface area contributed by atoms with Gasteiger partial charge in [0.15, 0.2) is 5.75 Å². The van der Waals surface area contributed by atoms with Crippen LogP contribution in [0.3, 0.4) is 0 Å². The third kappa shape index (κ3) is 2.77. The number of halogens is 1. The number of aryl methyl sites for hydroxylation is 2. The third-order valence-corrected chi connectivity index (χ3v) is 3.16. The van der Waals surface area contributed by atoms with Crippen LogP contribution in [-0.4, -0.2) is 0 Å². The molecular weight excluding hydrogens is 246 g/mol. The highest BCUT2D eigenvalue weighted by molar-refractivity contribution is 6.31. The SMILES string of the molecule is CCc1cc(Oc2cc(C)ccc2N)ccc1Cl. The summed E-state index contributed by atoms with van der Waals surface area (Å²) in [5, 5.41) is 0.766. The molecule has 2 rings (SSSR count). The lowest BCUT2D eigenvalue weighted by Gasteiger charge is -2.11. The van der Waals surface area contributed by atoms with Gasteiger partial charge in [-0.1, -0.05) is 24.6 Å². The first-order chi connectivity index (χ1) is 8.60. The molecule has 3 heteroatoms. The Morgan fingerprint density at radius 3 is 2.67 bits per heavy atom. The number of rotatable bonds is 3. The van der Waals surface area contributed by atoms with Crippen LogP contribution in [0, 0.1) is 6.92 Å². The Morgan fingerprint density at radius 1 is 1.17 bits per heavy atom. The first kappa shape index (κ1) is 12.8. The van der Waals surface area contributed by atoms with Crippen molar-refractivity contribution >= 4 is 17.3 Å². The molecular formula is C15H16ClNO. The quantitative estimate of drug-likeness (QED) is 0.821. The Kier molecular flexibility index (Phi) is 3.78. The lowest BCUT2D eigenvalue weighted by atomic mass is 10.1. The van der Waals surface area contributed by atoms with Crippen LogP contribution in [0.4, 0.5) is 5.69 Å². The lowest BCUT2D eigenvalue weighted by molar-refractivity contribution is 0.484. The van der Waals surface area contributed by atoms with Gasteiger partial charge in [0, 0.05) is 5.02 Å². The van der Waals surface area contributed by atoms with Gasteiger partial charge in [-0.2, -0.15) is 0 Å². The fourth-order valence-corrected chi connectivity index (χ4v) is 1.99. The predicted octanol–water partition coefficient (Wildman–Crippen LogP) is 4.59. The topological polar surface area (TPSA) is 35.2 Å². The number of hydrogen-bond donors (Lipinski definition) is 1. The van der Waals surface area contributed by atoms with Gasteiger partial charge in [-0.05, 0) is 54.8 Å². The predicted molar refractivity (Wildman–Crippen MR) is 76.5 cm³/mol. The lowest BCUT2D eigenvalue weighted by Crippen LogP contribution is -1.93. The van der Waals surface area contributed by atoms with Crippen LogP contribution in [0.15, 0.2) is 36.4 Å². The molecule has 0 radical (unpaired) electrons. The van der Waals surface area contributed by atoms with Crippen LogP contribution in [-0.2, 0) is 6.42 Å². The maximum absolute atomic E-state index is 6.08. The molecule has 0 aromatic heterocycles. The summed E-state index contributed by atoms with van der Waals surface area (Å²) in [4.78, 5) is 0. The zero-order chi connectivity index (χ0) is 13.1. The smallest absolute Gasteiger partial charge is 0.150 e. The van der Waals surface area contributed by atoms with Gasteiger partial charge in [-0.3, -0.25) is 0 Å². The molecule has 0 fully saturated rings. The number of nitrogen functional groups attached to an aromatic ring is 1. The van der Waals surface area contributed by atoms with E-state index in [1.54, 1.807) is 0 Å². The van der Waals surface area contributed by atoms with Gasteiger partial charge in [0.05, 0.1) is 5.69 Å². The summed E-state index contributed by atoms with van der Waals surface area (Å²) in [6.45, 7) is 4.07. The molecule has 0 amide bonds. The van der Waals surface area contributed by atoms with Crippen molar-refractivity contribution in [1.82, 2.24) is 0 Å². The van der Waals surface area contributed by atoms with Gasteiger partial charge in [-0.25, -0.2) is 0 Å². The summed E-state index contributed by atoms with van der Waals surface area (Å²) in [5.41, 5.74) is 8.70. The second kappa shape index (κ2) is 5.32. The van der Waals surface area contributed by atoms with Crippen LogP contribution in [0.2, 0.25) is 5.02 Å². The number of hydrogen-bond acceptors (Lipinski definition) is 2. The molecule has 0 aliphatic carbocycles. The Bertz CT molecular complexity index is 566. The number of anilines is 1. The van der Waals surface area contributed by atoms with Crippen molar-refractivity contribution in [3.05, 3.63) is 52.5 Å². The maximum atomic E-state index is 6.08. The van der Waals surface area contributed by atoms with Gasteiger partial charge >= 0.3 is 0 Å². The van der Waals surface area contributed by atoms with Gasteiger partial charge in [0.1, 0.15) is 5.75 Å². The highest BCUT2D eigenvalue weighted by Crippen LogP contribution is 2.30. The summed E-state index contributed by atoms with van der Waals surface area (Å²) in [6.07, 6.45) is 0.874. The highest BCUT2D eigenvalue weighted by atomic mass is 35.5. The number of ether oxygens (including phenoxy) is 1. The van der Waals surface area contributed by atoms with Crippen molar-refractivity contribution in [3.8, 4) is 11.5 Å². The molecule has 0 aliphatic heterocycles. The zero-order valence-electron chi connectivity index (χ0n) is 10.5. The van der Waals surface area contributed by atoms with Crippen molar-refractivity contribution in [2.75, 3.05) is 5.73 Å². The number of benzene rings is 2. The molecule has 0 unspecified atom stereocenters. The van der Waals surface area contributed by atoms with E-state index in [0.717, 1.165) is 28.3 Å². The summed E-state index contributed by atoms with van der Waals surface area (Å²) < 4.78 is 5.80. The van der Waals surface area contributed by atoms with E-state index in [0.29, 0.717) is 11.4 Å². The van der Waals surface area contributed by atoms with E-state index in [1.165, 1.54) is 0 Å². The molecule has 0 saturated heterocycles. The van der Waals surface area contributed by atoms with E-state index < -0.39 is 0 Å². The van der Waals surface area contributed by atoms with Gasteiger partial charge in [0.25, 0.3) is 0 Å². The van der Waals surface area contributed by atoms with Crippen LogP contribution in [0.1, 0.15) is 18.1 Å². The molecule has 0 heterocycles. The Labute approximate surface area is 112 Å². The van der Waals surface area contributed by atoms with Crippen molar-refractivity contribution in [2.24, 2.45) is 0 Å². The van der Waals surface area contributed by atoms with E-state index in [-0.39, 0.29) is 0 Å². The average Bonchev–Trinajstić information content (AvgIpc) is 2.36. The fourth-order valence-electron chi connectivity index (χ4n) is 1.74. The Balaban J connectivity index is 2.31. The van der Waals surface area contributed by atoms with Crippen molar-refractivity contribution in [1.29, 1.82) is 0 Å². The van der Waals surface area contributed by atoms with Gasteiger partial charge < -0.3 is 10.5 Å². The summed E-state index contributed by atoms with van der Waals surface area (Å²) >= 11 is 6.08. The normalized spacial score (nSPS) is 10.4. The minimum Gasteiger partial charge on any atom is -0.455 e. The zero-order valence-corrected chi connectivity index (χ0v) is 11.3. The second-order valence-corrected chi connectivity index (χ2v) is 4.66. The standard InChI is InChI=1S/C15H16ClNO/c1-3-11-9-12(5-6-13(11)16)18-15-8-10(2)4-7-14(15)17/h4-9H,3,17H2,1-2H3. The molecule has 0 aliphatic rings. The third-order valence-electron chi connectivity index (χ3n) is 2.79. The fraction of sp³-hybridized carbons (Fsp3) is 0.200. The molecule has 0 atom stereocenters. The molecule has 0 spiro atoms.